The number of aliphatic hydroxyl groups is 1. The van der Waals surface area contributed by atoms with Crippen LogP contribution in [0.1, 0.15) is 41.6 Å². The third kappa shape index (κ3) is 5.74. The van der Waals surface area contributed by atoms with E-state index in [-0.39, 0.29) is 6.04 Å². The van der Waals surface area contributed by atoms with Gasteiger partial charge in [0.15, 0.2) is 0 Å². The molecule has 208 valence electrons. The van der Waals surface area contributed by atoms with Crippen molar-refractivity contribution in [3.63, 3.8) is 0 Å². The molecule has 2 saturated heterocycles. The fourth-order valence-corrected chi connectivity index (χ4v) is 6.19. The molecule has 0 amide bonds. The van der Waals surface area contributed by atoms with Gasteiger partial charge in [-0.1, -0.05) is 18.7 Å². The Labute approximate surface area is 232 Å². The molecule has 0 saturated carbocycles. The fraction of sp³-hybridized carbons (Fsp3) is 0.567. The van der Waals surface area contributed by atoms with Crippen molar-refractivity contribution in [2.45, 2.75) is 64.4 Å². The van der Waals surface area contributed by atoms with Gasteiger partial charge in [0.1, 0.15) is 18.7 Å². The Hall–Kier alpha value is -3.19. The second-order valence-electron chi connectivity index (χ2n) is 11.1. The number of hydrogen-bond donors (Lipinski definition) is 1. The molecule has 2 unspecified atom stereocenters. The van der Waals surface area contributed by atoms with Crippen molar-refractivity contribution in [1.82, 2.24) is 19.8 Å². The number of likely N-dealkylation sites (N-methyl/N-ethyl adjacent to an activating group) is 1. The van der Waals surface area contributed by atoms with Crippen LogP contribution in [-0.4, -0.2) is 89.6 Å². The van der Waals surface area contributed by atoms with E-state index in [1.54, 1.807) is 0 Å². The zero-order valence-corrected chi connectivity index (χ0v) is 23.5. The first-order valence-electron chi connectivity index (χ1n) is 14.1. The molecule has 9 nitrogen and oxygen atoms in total. The molecule has 1 aromatic heterocycles. The van der Waals surface area contributed by atoms with Gasteiger partial charge in [-0.2, -0.15) is 15.2 Å². The van der Waals surface area contributed by atoms with Crippen molar-refractivity contribution in [2.75, 3.05) is 56.2 Å². The first kappa shape index (κ1) is 27.4. The van der Waals surface area contributed by atoms with Crippen LogP contribution in [0.4, 0.5) is 11.5 Å². The smallest absolute Gasteiger partial charge is 0.318 e. The van der Waals surface area contributed by atoms with Crippen molar-refractivity contribution >= 4 is 11.5 Å². The van der Waals surface area contributed by atoms with Crippen LogP contribution >= 0.6 is 0 Å². The quantitative estimate of drug-likeness (QED) is 0.516. The molecule has 5 rings (SSSR count). The molecule has 39 heavy (non-hydrogen) atoms. The Morgan fingerprint density at radius 3 is 2.77 bits per heavy atom. The van der Waals surface area contributed by atoms with Gasteiger partial charge in [0.05, 0.1) is 24.7 Å². The highest BCUT2D eigenvalue weighted by Gasteiger charge is 2.34. The number of anilines is 2. The molecule has 2 fully saturated rings. The van der Waals surface area contributed by atoms with Gasteiger partial charge in [0.2, 0.25) is 0 Å². The Bertz CT molecular complexity index is 1230. The fourth-order valence-electron chi connectivity index (χ4n) is 6.19. The summed E-state index contributed by atoms with van der Waals surface area (Å²) in [5.41, 5.74) is 6.00. The lowest BCUT2D eigenvalue weighted by molar-refractivity contribution is 0.00431. The van der Waals surface area contributed by atoms with Crippen LogP contribution in [-0.2, 0) is 13.0 Å². The Morgan fingerprint density at radius 1 is 1.18 bits per heavy atom. The first-order chi connectivity index (χ1) is 18.9. The summed E-state index contributed by atoms with van der Waals surface area (Å²) in [6, 6.07) is 9.46. The van der Waals surface area contributed by atoms with Gasteiger partial charge in [-0.15, -0.1) is 0 Å². The maximum atomic E-state index is 10.5. The normalized spacial score (nSPS) is 22.8. The van der Waals surface area contributed by atoms with Crippen molar-refractivity contribution in [3.05, 3.63) is 53.2 Å². The number of aryl methyl sites for hydroxylation is 1. The zero-order chi connectivity index (χ0) is 27.5. The highest BCUT2D eigenvalue weighted by Crippen LogP contribution is 2.34. The third-order valence-corrected chi connectivity index (χ3v) is 8.72. The number of likely N-dealkylation sites (tertiary alicyclic amines) is 1. The van der Waals surface area contributed by atoms with Crippen LogP contribution in [0.25, 0.3) is 0 Å². The number of aromatic nitrogens is 2. The molecule has 9 heteroatoms. The molecule has 2 aromatic rings. The molecule has 0 spiro atoms. The van der Waals surface area contributed by atoms with E-state index >= 15 is 0 Å². The molecule has 0 bridgehead atoms. The average Bonchev–Trinajstić information content (AvgIpc) is 3.36. The largest absolute Gasteiger partial charge is 0.462 e. The van der Waals surface area contributed by atoms with Gasteiger partial charge in [-0.05, 0) is 70.0 Å². The van der Waals surface area contributed by atoms with Gasteiger partial charge >= 0.3 is 6.01 Å². The lowest BCUT2D eigenvalue weighted by Crippen LogP contribution is -2.56. The minimum absolute atomic E-state index is 0.117. The Kier molecular flexibility index (Phi) is 8.36. The van der Waals surface area contributed by atoms with E-state index in [2.05, 4.69) is 66.4 Å². The number of rotatable bonds is 8. The summed E-state index contributed by atoms with van der Waals surface area (Å²) in [6.07, 6.45) is 4.23. The van der Waals surface area contributed by atoms with Crippen LogP contribution in [0, 0.1) is 25.2 Å². The summed E-state index contributed by atoms with van der Waals surface area (Å²) in [5, 5.41) is 20.0. The second-order valence-corrected chi connectivity index (χ2v) is 11.1. The summed E-state index contributed by atoms with van der Waals surface area (Å²) >= 11 is 0. The first-order valence-corrected chi connectivity index (χ1v) is 14.1. The standard InChI is InChI=1S/C30H41N7O2/c1-5-28(38)37-17-16-36(18-23(37)11-13-31)29-25-12-15-35(27-10-6-8-21(2)22(27)3)19-26(25)32-30(33-29)39-20-24-9-7-14-34(24)4/h5-6,8,10,23-24,28,38H,1,7,9,11-12,14-20H2,2-4H3/t23?,24-,28?/m0/s1. The SMILES string of the molecule is C=CC(O)N1CCN(c2nc(OC[C@@H]3CCCN3C)nc3c2CCN(c2cccc(C)c2C)C3)CC1CC#N. The summed E-state index contributed by atoms with van der Waals surface area (Å²) in [5.74, 6) is 0.908. The Morgan fingerprint density at radius 2 is 2.03 bits per heavy atom. The van der Waals surface area contributed by atoms with Crippen molar-refractivity contribution < 1.29 is 9.84 Å². The van der Waals surface area contributed by atoms with Crippen LogP contribution < -0.4 is 14.5 Å². The number of nitriles is 1. The molecular formula is C30H41N7O2. The number of piperazine rings is 1. The van der Waals surface area contributed by atoms with Crippen LogP contribution in [0.5, 0.6) is 6.01 Å². The molecule has 4 heterocycles. The predicted octanol–water partition coefficient (Wildman–Crippen LogP) is 3.04. The van der Waals surface area contributed by atoms with E-state index in [0.717, 1.165) is 43.0 Å². The van der Waals surface area contributed by atoms with E-state index in [1.807, 2.05) is 4.90 Å². The minimum Gasteiger partial charge on any atom is -0.462 e. The molecule has 3 atom stereocenters. The van der Waals surface area contributed by atoms with E-state index in [0.29, 0.717) is 51.3 Å². The summed E-state index contributed by atoms with van der Waals surface area (Å²) in [6.45, 7) is 13.3. The number of nitrogens with zero attached hydrogens (tertiary/aromatic N) is 7. The second kappa shape index (κ2) is 11.9. The summed E-state index contributed by atoms with van der Waals surface area (Å²) < 4.78 is 6.27. The minimum atomic E-state index is -0.766. The van der Waals surface area contributed by atoms with Gasteiger partial charge in [-0.25, -0.2) is 0 Å². The van der Waals surface area contributed by atoms with Crippen molar-refractivity contribution in [3.8, 4) is 12.1 Å². The van der Waals surface area contributed by atoms with E-state index < -0.39 is 6.23 Å². The lowest BCUT2D eigenvalue weighted by atomic mass is 10.0. The summed E-state index contributed by atoms with van der Waals surface area (Å²) in [4.78, 5) is 18.9. The lowest BCUT2D eigenvalue weighted by Gasteiger charge is -2.43. The monoisotopic (exact) mass is 531 g/mol. The maximum absolute atomic E-state index is 10.5. The number of aliphatic hydroxyl groups excluding tert-OH is 1. The molecule has 1 N–H and O–H groups in total. The van der Waals surface area contributed by atoms with Crippen LogP contribution in [0.2, 0.25) is 0 Å². The van der Waals surface area contributed by atoms with E-state index in [9.17, 15) is 10.4 Å². The van der Waals surface area contributed by atoms with Gasteiger partial charge in [0.25, 0.3) is 0 Å². The molecule has 1 aromatic carbocycles. The average molecular weight is 532 g/mol. The van der Waals surface area contributed by atoms with E-state index in [4.69, 9.17) is 14.7 Å². The third-order valence-electron chi connectivity index (χ3n) is 8.72. The highest BCUT2D eigenvalue weighted by molar-refractivity contribution is 5.60. The summed E-state index contributed by atoms with van der Waals surface area (Å²) in [7, 11) is 2.15. The number of benzene rings is 1. The highest BCUT2D eigenvalue weighted by atomic mass is 16.5. The van der Waals surface area contributed by atoms with Gasteiger partial charge < -0.3 is 24.5 Å². The van der Waals surface area contributed by atoms with Crippen LogP contribution in [0.3, 0.4) is 0 Å². The Balaban J connectivity index is 1.45. The predicted molar refractivity (Wildman–Crippen MR) is 153 cm³/mol. The zero-order valence-electron chi connectivity index (χ0n) is 23.5. The molecule has 3 aliphatic heterocycles. The van der Waals surface area contributed by atoms with Gasteiger partial charge in [0, 0.05) is 49.5 Å². The molecule has 0 radical (unpaired) electrons. The molecule has 0 aliphatic carbocycles. The van der Waals surface area contributed by atoms with Gasteiger partial charge in [-0.3, -0.25) is 4.90 Å². The molecular weight excluding hydrogens is 490 g/mol. The number of ether oxygens (including phenoxy) is 1. The maximum Gasteiger partial charge on any atom is 0.318 e. The van der Waals surface area contributed by atoms with E-state index in [1.165, 1.54) is 29.3 Å². The number of hydrogen-bond acceptors (Lipinski definition) is 9. The number of fused-ring (bicyclic) bond motifs is 1. The van der Waals surface area contributed by atoms with Crippen molar-refractivity contribution in [2.24, 2.45) is 0 Å². The topological polar surface area (TPSA) is 92.0 Å². The van der Waals surface area contributed by atoms with Crippen LogP contribution in [0.15, 0.2) is 30.9 Å². The molecule has 3 aliphatic rings. The van der Waals surface area contributed by atoms with Crippen molar-refractivity contribution in [1.29, 1.82) is 5.26 Å².